The van der Waals surface area contributed by atoms with Crippen molar-refractivity contribution in [2.45, 2.75) is 24.2 Å². The normalized spacial score (nSPS) is 14.4. The number of benzene rings is 1. The fourth-order valence-corrected chi connectivity index (χ4v) is 2.40. The van der Waals surface area contributed by atoms with Gasteiger partial charge in [0, 0.05) is 11.6 Å². The second kappa shape index (κ2) is 4.54. The van der Waals surface area contributed by atoms with Gasteiger partial charge in [0.2, 0.25) is 0 Å². The Balaban J connectivity index is 2.05. The highest BCUT2D eigenvalue weighted by Gasteiger charge is 2.29. The van der Waals surface area contributed by atoms with Crippen LogP contribution in [0.1, 0.15) is 30.3 Å². The predicted molar refractivity (Wildman–Crippen MR) is 71.1 cm³/mol. The molecular weight excluding hydrogens is 292 g/mol. The van der Waals surface area contributed by atoms with E-state index in [0.29, 0.717) is 16.9 Å². The molecule has 0 saturated heterocycles. The van der Waals surface area contributed by atoms with Crippen molar-refractivity contribution in [2.75, 3.05) is 0 Å². The van der Waals surface area contributed by atoms with Crippen LogP contribution in [0, 0.1) is 11.3 Å². The Morgan fingerprint density at radius 2 is 2.00 bits per heavy atom. The van der Waals surface area contributed by atoms with E-state index in [4.69, 9.17) is 5.26 Å². The van der Waals surface area contributed by atoms with Crippen LogP contribution in [0.25, 0.3) is 11.4 Å². The molecule has 1 fully saturated rings. The maximum atomic E-state index is 8.80. The van der Waals surface area contributed by atoms with E-state index in [1.54, 1.807) is 0 Å². The van der Waals surface area contributed by atoms with Gasteiger partial charge in [0.1, 0.15) is 5.82 Å². The molecule has 3 rings (SSSR count). The molecule has 1 aliphatic carbocycles. The van der Waals surface area contributed by atoms with E-state index in [-0.39, 0.29) is 0 Å². The molecule has 1 aromatic carbocycles. The zero-order valence-corrected chi connectivity index (χ0v) is 11.3. The first-order chi connectivity index (χ1) is 8.83. The molecule has 0 bridgehead atoms. The van der Waals surface area contributed by atoms with E-state index >= 15 is 0 Å². The van der Waals surface area contributed by atoms with Gasteiger partial charge in [0.15, 0.2) is 5.82 Å². The van der Waals surface area contributed by atoms with Gasteiger partial charge < -0.3 is 4.57 Å². The summed E-state index contributed by atoms with van der Waals surface area (Å²) in [5.74, 6) is 1.87. The number of rotatable bonds is 3. The van der Waals surface area contributed by atoms with Crippen molar-refractivity contribution in [2.24, 2.45) is 0 Å². The third kappa shape index (κ3) is 1.93. The molecule has 0 aliphatic heterocycles. The fourth-order valence-electron chi connectivity index (χ4n) is 2.02. The van der Waals surface area contributed by atoms with E-state index in [1.165, 1.54) is 12.8 Å². The highest BCUT2D eigenvalue weighted by atomic mass is 79.9. The lowest BCUT2D eigenvalue weighted by molar-refractivity contribution is 0.714. The summed E-state index contributed by atoms with van der Waals surface area (Å²) < 4.78 is 2.20. The number of halogens is 1. The van der Waals surface area contributed by atoms with Crippen molar-refractivity contribution >= 4 is 15.9 Å². The Labute approximate surface area is 113 Å². The van der Waals surface area contributed by atoms with Crippen LogP contribution < -0.4 is 0 Å². The molecule has 1 saturated carbocycles. The lowest BCUT2D eigenvalue weighted by Gasteiger charge is -2.07. The predicted octanol–water partition coefficient (Wildman–Crippen LogP) is 3.05. The Bertz CT molecular complexity index is 605. The van der Waals surface area contributed by atoms with Crippen LogP contribution in [0.3, 0.4) is 0 Å². The van der Waals surface area contributed by atoms with Crippen LogP contribution in [0.2, 0.25) is 0 Å². The van der Waals surface area contributed by atoms with Crippen LogP contribution >= 0.6 is 15.9 Å². The summed E-state index contributed by atoms with van der Waals surface area (Å²) >= 11 is 3.45. The first-order valence-electron chi connectivity index (χ1n) is 5.83. The van der Waals surface area contributed by atoms with E-state index in [0.717, 1.165) is 17.2 Å². The van der Waals surface area contributed by atoms with Gasteiger partial charge in [0.05, 0.1) is 17.0 Å². The molecule has 0 N–H and O–H groups in total. The van der Waals surface area contributed by atoms with Crippen LogP contribution in [0.15, 0.2) is 24.3 Å². The van der Waals surface area contributed by atoms with E-state index in [1.807, 2.05) is 24.3 Å². The molecule has 0 unspecified atom stereocenters. The van der Waals surface area contributed by atoms with Crippen molar-refractivity contribution in [3.8, 4) is 17.5 Å². The van der Waals surface area contributed by atoms with Gasteiger partial charge in [-0.3, -0.25) is 0 Å². The smallest absolute Gasteiger partial charge is 0.164 e. The molecule has 0 atom stereocenters. The van der Waals surface area contributed by atoms with Crippen molar-refractivity contribution in [3.63, 3.8) is 0 Å². The molecule has 4 nitrogen and oxygen atoms in total. The van der Waals surface area contributed by atoms with Crippen LogP contribution in [-0.4, -0.2) is 14.8 Å². The Hall–Kier alpha value is -1.67. The van der Waals surface area contributed by atoms with E-state index < -0.39 is 0 Å². The maximum absolute atomic E-state index is 8.80. The molecule has 18 heavy (non-hydrogen) atoms. The highest BCUT2D eigenvalue weighted by Crippen LogP contribution is 2.39. The molecule has 1 aliphatic rings. The number of aromatic nitrogens is 3. The summed E-state index contributed by atoms with van der Waals surface area (Å²) in [7, 11) is 0. The van der Waals surface area contributed by atoms with Crippen molar-refractivity contribution in [1.82, 2.24) is 14.8 Å². The van der Waals surface area contributed by atoms with E-state index in [2.05, 4.69) is 36.8 Å². The summed E-state index contributed by atoms with van der Waals surface area (Å²) in [6.45, 7) is 0. The number of alkyl halides is 1. The number of hydrogen-bond donors (Lipinski definition) is 0. The van der Waals surface area contributed by atoms with E-state index in [9.17, 15) is 0 Å². The van der Waals surface area contributed by atoms with Crippen LogP contribution in [-0.2, 0) is 5.33 Å². The second-order valence-electron chi connectivity index (χ2n) is 4.36. The average Bonchev–Trinajstić information content (AvgIpc) is 3.18. The number of nitriles is 1. The first-order valence-corrected chi connectivity index (χ1v) is 6.96. The number of nitrogens with zero attached hydrogens (tertiary/aromatic N) is 4. The molecular formula is C13H11BrN4. The SMILES string of the molecule is N#Cc1ccc(-c2nnc(CBr)n2C2CC2)cc1. The van der Waals surface area contributed by atoms with Gasteiger partial charge >= 0.3 is 0 Å². The van der Waals surface area contributed by atoms with Crippen LogP contribution in [0.5, 0.6) is 0 Å². The molecule has 0 amide bonds. The van der Waals surface area contributed by atoms with Crippen LogP contribution in [0.4, 0.5) is 0 Å². The third-order valence-electron chi connectivity index (χ3n) is 3.07. The summed E-state index contributed by atoms with van der Waals surface area (Å²) in [5.41, 5.74) is 1.68. The summed E-state index contributed by atoms with van der Waals surface area (Å²) in [6.07, 6.45) is 2.39. The molecule has 90 valence electrons. The minimum Gasteiger partial charge on any atom is -0.307 e. The Kier molecular flexibility index (Phi) is 2.88. The zero-order chi connectivity index (χ0) is 12.5. The number of hydrogen-bond acceptors (Lipinski definition) is 3. The fraction of sp³-hybridized carbons (Fsp3) is 0.308. The van der Waals surface area contributed by atoms with Gasteiger partial charge in [-0.1, -0.05) is 15.9 Å². The quantitative estimate of drug-likeness (QED) is 0.819. The molecule has 5 heteroatoms. The lowest BCUT2D eigenvalue weighted by Crippen LogP contribution is -2.01. The van der Waals surface area contributed by atoms with Gasteiger partial charge in [0.25, 0.3) is 0 Å². The minimum absolute atomic E-state index is 0.540. The lowest BCUT2D eigenvalue weighted by atomic mass is 10.1. The Morgan fingerprint density at radius 3 is 2.56 bits per heavy atom. The maximum Gasteiger partial charge on any atom is 0.164 e. The highest BCUT2D eigenvalue weighted by molar-refractivity contribution is 9.08. The average molecular weight is 303 g/mol. The molecule has 1 heterocycles. The first kappa shape index (κ1) is 11.4. The minimum atomic E-state index is 0.540. The van der Waals surface area contributed by atoms with Crippen molar-refractivity contribution in [1.29, 1.82) is 5.26 Å². The summed E-state index contributed by atoms with van der Waals surface area (Å²) in [6, 6.07) is 10.2. The third-order valence-corrected chi connectivity index (χ3v) is 3.57. The largest absolute Gasteiger partial charge is 0.307 e. The second-order valence-corrected chi connectivity index (χ2v) is 4.92. The van der Waals surface area contributed by atoms with Gasteiger partial charge in [-0.25, -0.2) is 0 Å². The van der Waals surface area contributed by atoms with Gasteiger partial charge in [-0.05, 0) is 37.1 Å². The van der Waals surface area contributed by atoms with Gasteiger partial charge in [-0.15, -0.1) is 10.2 Å². The summed E-state index contributed by atoms with van der Waals surface area (Å²) in [5, 5.41) is 18.0. The standard InChI is InChI=1S/C13H11BrN4/c14-7-12-16-17-13(18(12)11-5-6-11)10-3-1-9(8-15)2-4-10/h1-4,11H,5-7H2. The van der Waals surface area contributed by atoms with Crippen molar-refractivity contribution < 1.29 is 0 Å². The molecule has 2 aromatic rings. The summed E-state index contributed by atoms with van der Waals surface area (Å²) in [4.78, 5) is 0. The Morgan fingerprint density at radius 1 is 1.28 bits per heavy atom. The van der Waals surface area contributed by atoms with Gasteiger partial charge in [-0.2, -0.15) is 5.26 Å². The topological polar surface area (TPSA) is 54.5 Å². The zero-order valence-electron chi connectivity index (χ0n) is 9.67. The van der Waals surface area contributed by atoms with Crippen molar-refractivity contribution in [3.05, 3.63) is 35.7 Å². The monoisotopic (exact) mass is 302 g/mol. The molecule has 0 radical (unpaired) electrons. The molecule has 0 spiro atoms. The molecule has 1 aromatic heterocycles.